The van der Waals surface area contributed by atoms with Crippen molar-refractivity contribution < 1.29 is 4.79 Å². The van der Waals surface area contributed by atoms with Crippen molar-refractivity contribution in [2.24, 2.45) is 4.99 Å². The third kappa shape index (κ3) is 4.18. The molecule has 0 unspecified atom stereocenters. The summed E-state index contributed by atoms with van der Waals surface area (Å²) in [5.41, 5.74) is 2.63. The zero-order valence-corrected chi connectivity index (χ0v) is 17.1. The van der Waals surface area contributed by atoms with Crippen molar-refractivity contribution in [3.8, 4) is 5.69 Å². The van der Waals surface area contributed by atoms with E-state index in [1.807, 2.05) is 65.4 Å². The van der Waals surface area contributed by atoms with E-state index in [0.717, 1.165) is 15.9 Å². The van der Waals surface area contributed by atoms with E-state index in [-0.39, 0.29) is 5.91 Å². The maximum absolute atomic E-state index is 12.3. The molecule has 1 amide bonds. The molecule has 27 heavy (non-hydrogen) atoms. The molecule has 2 heterocycles. The highest BCUT2D eigenvalue weighted by molar-refractivity contribution is 9.10. The Morgan fingerprint density at radius 1 is 1.11 bits per heavy atom. The van der Waals surface area contributed by atoms with Gasteiger partial charge in [-0.15, -0.1) is 0 Å². The van der Waals surface area contributed by atoms with Gasteiger partial charge in [-0.1, -0.05) is 33.6 Å². The number of halogens is 2. The molecule has 1 fully saturated rings. The number of hydrogen-bond acceptors (Lipinski definition) is 3. The van der Waals surface area contributed by atoms with Crippen LogP contribution in [0.25, 0.3) is 11.8 Å². The molecule has 134 valence electrons. The van der Waals surface area contributed by atoms with Gasteiger partial charge in [-0.25, -0.2) is 4.99 Å². The molecule has 0 aliphatic carbocycles. The molecule has 4 rings (SSSR count). The molecule has 1 aliphatic rings. The smallest absolute Gasteiger partial charge is 0.264 e. The largest absolute Gasteiger partial charge is 0.317 e. The minimum atomic E-state index is -0.163. The van der Waals surface area contributed by atoms with Gasteiger partial charge in [-0.3, -0.25) is 4.79 Å². The number of nitrogens with one attached hydrogen (secondary N) is 1. The number of rotatable bonds is 3. The van der Waals surface area contributed by atoms with E-state index in [0.29, 0.717) is 20.8 Å². The van der Waals surface area contributed by atoms with Crippen LogP contribution in [0.15, 0.2) is 81.2 Å². The van der Waals surface area contributed by atoms with Gasteiger partial charge < -0.3 is 9.88 Å². The van der Waals surface area contributed by atoms with Crippen LogP contribution in [0, 0.1) is 0 Å². The van der Waals surface area contributed by atoms with Crippen LogP contribution in [0.2, 0.25) is 5.02 Å². The lowest BCUT2D eigenvalue weighted by Gasteiger charge is -2.07. The fourth-order valence-electron chi connectivity index (χ4n) is 2.63. The van der Waals surface area contributed by atoms with E-state index in [1.165, 1.54) is 11.8 Å². The Kier molecular flexibility index (Phi) is 5.20. The predicted molar refractivity (Wildman–Crippen MR) is 116 cm³/mol. The van der Waals surface area contributed by atoms with Gasteiger partial charge in [0.1, 0.15) is 0 Å². The summed E-state index contributed by atoms with van der Waals surface area (Å²) in [6.07, 6.45) is 3.83. The zero-order valence-electron chi connectivity index (χ0n) is 13.9. The van der Waals surface area contributed by atoms with E-state index in [1.54, 1.807) is 12.1 Å². The molecule has 0 spiro atoms. The Balaban J connectivity index is 1.61. The van der Waals surface area contributed by atoms with Gasteiger partial charge in [-0.2, -0.15) is 0 Å². The molecule has 1 aromatic heterocycles. The van der Waals surface area contributed by atoms with Crippen molar-refractivity contribution >= 4 is 62.1 Å². The summed E-state index contributed by atoms with van der Waals surface area (Å²) in [5, 5.41) is 3.94. The van der Waals surface area contributed by atoms with Crippen LogP contribution in [-0.2, 0) is 4.79 Å². The van der Waals surface area contributed by atoms with Crippen molar-refractivity contribution in [2.45, 2.75) is 0 Å². The first-order valence-corrected chi connectivity index (χ1v) is 10.1. The van der Waals surface area contributed by atoms with Crippen LogP contribution < -0.4 is 5.32 Å². The Morgan fingerprint density at radius 2 is 1.93 bits per heavy atom. The van der Waals surface area contributed by atoms with Crippen molar-refractivity contribution in [1.82, 2.24) is 9.88 Å². The highest BCUT2D eigenvalue weighted by Crippen LogP contribution is 2.29. The summed E-state index contributed by atoms with van der Waals surface area (Å²) in [7, 11) is 0. The molecule has 1 saturated heterocycles. The standard InChI is InChI=1S/C20H13BrClN3OS/c21-13-6-8-16(9-7-13)25-10-2-5-17(25)12-18-19(26)24-20(27-18)23-15-4-1-3-14(22)11-15/h1-12H,(H,23,24,26)/b18-12-. The van der Waals surface area contributed by atoms with Gasteiger partial charge in [0.25, 0.3) is 5.91 Å². The number of amidine groups is 1. The second kappa shape index (κ2) is 7.76. The number of hydrogen-bond donors (Lipinski definition) is 1. The number of aliphatic imine (C=N–C) groups is 1. The predicted octanol–water partition coefficient (Wildman–Crippen LogP) is 5.78. The first-order chi connectivity index (χ1) is 13.1. The lowest BCUT2D eigenvalue weighted by Crippen LogP contribution is -2.19. The molecule has 0 radical (unpaired) electrons. The van der Waals surface area contributed by atoms with Crippen LogP contribution in [-0.4, -0.2) is 15.6 Å². The van der Waals surface area contributed by atoms with Crippen LogP contribution in [0.5, 0.6) is 0 Å². The number of carbonyl (C=O) groups is 1. The first kappa shape index (κ1) is 18.1. The molecule has 2 aromatic carbocycles. The summed E-state index contributed by atoms with van der Waals surface area (Å²) in [6.45, 7) is 0. The second-order valence-electron chi connectivity index (χ2n) is 5.74. The molecule has 0 atom stereocenters. The van der Waals surface area contributed by atoms with Gasteiger partial charge in [0.15, 0.2) is 5.17 Å². The quantitative estimate of drug-likeness (QED) is 0.505. The summed E-state index contributed by atoms with van der Waals surface area (Å²) in [4.78, 5) is 17.4. The summed E-state index contributed by atoms with van der Waals surface area (Å²) in [6, 6.07) is 19.1. The Bertz CT molecular complexity index is 1070. The van der Waals surface area contributed by atoms with E-state index in [2.05, 4.69) is 26.2 Å². The average molecular weight is 459 g/mol. The average Bonchev–Trinajstić information content (AvgIpc) is 3.23. The molecule has 4 nitrogen and oxygen atoms in total. The SMILES string of the molecule is O=C1NC(=Nc2cccc(Cl)c2)S/C1=C\c1cccn1-c1ccc(Br)cc1. The van der Waals surface area contributed by atoms with Crippen molar-refractivity contribution in [2.75, 3.05) is 0 Å². The van der Waals surface area contributed by atoms with Gasteiger partial charge >= 0.3 is 0 Å². The number of thioether (sulfide) groups is 1. The normalized spacial score (nSPS) is 16.9. The third-order valence-corrected chi connectivity index (χ3v) is 5.53. The Morgan fingerprint density at radius 3 is 2.70 bits per heavy atom. The summed E-state index contributed by atoms with van der Waals surface area (Å²) >= 11 is 10.7. The lowest BCUT2D eigenvalue weighted by atomic mass is 10.3. The maximum Gasteiger partial charge on any atom is 0.264 e. The highest BCUT2D eigenvalue weighted by atomic mass is 79.9. The summed E-state index contributed by atoms with van der Waals surface area (Å²) < 4.78 is 3.05. The fourth-order valence-corrected chi connectivity index (χ4v) is 3.90. The van der Waals surface area contributed by atoms with Gasteiger partial charge in [0.05, 0.1) is 10.6 Å². The van der Waals surface area contributed by atoms with Gasteiger partial charge in [0, 0.05) is 27.1 Å². The van der Waals surface area contributed by atoms with Crippen molar-refractivity contribution in [1.29, 1.82) is 0 Å². The van der Waals surface area contributed by atoms with E-state index >= 15 is 0 Å². The lowest BCUT2D eigenvalue weighted by molar-refractivity contribution is -0.115. The van der Waals surface area contributed by atoms with Crippen LogP contribution in [0.3, 0.4) is 0 Å². The van der Waals surface area contributed by atoms with E-state index < -0.39 is 0 Å². The minimum absolute atomic E-state index is 0.163. The number of benzene rings is 2. The van der Waals surface area contributed by atoms with E-state index in [9.17, 15) is 4.79 Å². The first-order valence-electron chi connectivity index (χ1n) is 8.07. The Labute approximate surface area is 174 Å². The Hall–Kier alpha value is -2.28. The number of nitrogens with zero attached hydrogens (tertiary/aromatic N) is 2. The van der Waals surface area contributed by atoms with Gasteiger partial charge in [-0.05, 0) is 72.4 Å². The molecule has 1 aliphatic heterocycles. The van der Waals surface area contributed by atoms with Crippen molar-refractivity contribution in [3.63, 3.8) is 0 Å². The third-order valence-electron chi connectivity index (χ3n) is 3.85. The fraction of sp³-hybridized carbons (Fsp3) is 0. The molecule has 1 N–H and O–H groups in total. The molecular formula is C20H13BrClN3OS. The number of carbonyl (C=O) groups excluding carboxylic acids is 1. The van der Waals surface area contributed by atoms with Gasteiger partial charge in [0.2, 0.25) is 0 Å². The molecule has 0 bridgehead atoms. The van der Waals surface area contributed by atoms with E-state index in [4.69, 9.17) is 11.6 Å². The number of aromatic nitrogens is 1. The van der Waals surface area contributed by atoms with Crippen LogP contribution in [0.4, 0.5) is 5.69 Å². The molecule has 3 aromatic rings. The topological polar surface area (TPSA) is 46.4 Å². The highest BCUT2D eigenvalue weighted by Gasteiger charge is 2.24. The zero-order chi connectivity index (χ0) is 18.8. The maximum atomic E-state index is 12.3. The molecule has 7 heteroatoms. The molecular weight excluding hydrogens is 446 g/mol. The number of amides is 1. The molecule has 0 saturated carbocycles. The van der Waals surface area contributed by atoms with Crippen LogP contribution >= 0.6 is 39.3 Å². The minimum Gasteiger partial charge on any atom is -0.317 e. The second-order valence-corrected chi connectivity index (χ2v) is 8.12. The monoisotopic (exact) mass is 457 g/mol. The summed E-state index contributed by atoms with van der Waals surface area (Å²) in [5.74, 6) is -0.163. The van der Waals surface area contributed by atoms with Crippen LogP contribution in [0.1, 0.15) is 5.69 Å². The van der Waals surface area contributed by atoms with Crippen molar-refractivity contribution in [3.05, 3.63) is 87.0 Å².